The molecule has 0 aliphatic carbocycles. The summed E-state index contributed by atoms with van der Waals surface area (Å²) in [6.07, 6.45) is 0. The van der Waals surface area contributed by atoms with E-state index in [2.05, 4.69) is 0 Å². The molecule has 0 spiro atoms. The van der Waals surface area contributed by atoms with Crippen LogP contribution in [0.15, 0.2) is 77.7 Å². The number of imide groups is 1. The van der Waals surface area contributed by atoms with Crippen molar-refractivity contribution in [3.63, 3.8) is 0 Å². The summed E-state index contributed by atoms with van der Waals surface area (Å²) in [5, 5.41) is 1.18. The molecule has 130 valence electrons. The summed E-state index contributed by atoms with van der Waals surface area (Å²) in [6, 6.07) is 19.4. The van der Waals surface area contributed by atoms with Crippen LogP contribution in [0.3, 0.4) is 0 Å². The maximum absolute atomic E-state index is 13.1. The fourth-order valence-corrected chi connectivity index (χ4v) is 4.59. The Morgan fingerprint density at radius 2 is 1.42 bits per heavy atom. The van der Waals surface area contributed by atoms with E-state index in [0.717, 1.165) is 4.90 Å². The molecule has 7 heteroatoms. The number of para-hydroxylation sites is 1. The number of sulfonamides is 1. The highest BCUT2D eigenvalue weighted by molar-refractivity contribution is 7.90. The molecule has 0 radical (unpaired) electrons. The topological polar surface area (TPSA) is 74.8 Å². The first-order valence-electron chi connectivity index (χ1n) is 7.92. The Morgan fingerprint density at radius 1 is 0.769 bits per heavy atom. The highest BCUT2D eigenvalue weighted by Crippen LogP contribution is 2.30. The van der Waals surface area contributed by atoms with Crippen LogP contribution in [0.1, 0.15) is 0 Å². The number of carbonyl (C=O) groups excluding carboxylic acids is 2. The van der Waals surface area contributed by atoms with E-state index in [1.54, 1.807) is 66.7 Å². The lowest BCUT2D eigenvalue weighted by Gasteiger charge is -2.18. The van der Waals surface area contributed by atoms with Crippen LogP contribution in [0.4, 0.5) is 10.5 Å². The van der Waals surface area contributed by atoms with Gasteiger partial charge in [-0.1, -0.05) is 54.6 Å². The molecule has 3 amide bonds. The lowest BCUT2D eigenvalue weighted by Crippen LogP contribution is -2.38. The quantitative estimate of drug-likeness (QED) is 0.668. The van der Waals surface area contributed by atoms with Gasteiger partial charge in [0.05, 0.1) is 4.90 Å². The molecule has 3 aromatic rings. The molecule has 1 aliphatic heterocycles. The zero-order chi connectivity index (χ0) is 18.3. The van der Waals surface area contributed by atoms with E-state index in [1.807, 2.05) is 0 Å². The van der Waals surface area contributed by atoms with Crippen molar-refractivity contribution in [1.82, 2.24) is 4.31 Å². The van der Waals surface area contributed by atoms with Gasteiger partial charge in [-0.25, -0.2) is 13.2 Å². The first-order valence-corrected chi connectivity index (χ1v) is 9.36. The third-order valence-corrected chi connectivity index (χ3v) is 6.01. The van der Waals surface area contributed by atoms with Crippen molar-refractivity contribution in [1.29, 1.82) is 0 Å². The van der Waals surface area contributed by atoms with Crippen LogP contribution in [0.5, 0.6) is 0 Å². The molecule has 4 rings (SSSR count). The van der Waals surface area contributed by atoms with Crippen LogP contribution in [-0.2, 0) is 14.8 Å². The van der Waals surface area contributed by atoms with Crippen molar-refractivity contribution in [2.75, 3.05) is 11.4 Å². The van der Waals surface area contributed by atoms with Crippen molar-refractivity contribution in [3.8, 4) is 0 Å². The first-order chi connectivity index (χ1) is 12.5. The molecule has 1 fully saturated rings. The van der Waals surface area contributed by atoms with E-state index in [-0.39, 0.29) is 11.4 Å². The van der Waals surface area contributed by atoms with Crippen molar-refractivity contribution in [2.45, 2.75) is 4.90 Å². The zero-order valence-electron chi connectivity index (χ0n) is 13.6. The first kappa shape index (κ1) is 16.3. The lowest BCUT2D eigenvalue weighted by molar-refractivity contribution is -0.121. The summed E-state index contributed by atoms with van der Waals surface area (Å²) >= 11 is 0. The molecule has 3 aromatic carbocycles. The van der Waals surface area contributed by atoms with Gasteiger partial charge in [0.25, 0.3) is 15.9 Å². The molecular weight excluding hydrogens is 352 g/mol. The number of anilines is 1. The van der Waals surface area contributed by atoms with E-state index in [1.165, 1.54) is 6.07 Å². The van der Waals surface area contributed by atoms with E-state index < -0.39 is 22.0 Å². The normalized spacial score (nSPS) is 15.1. The Hall–Kier alpha value is -3.19. The summed E-state index contributed by atoms with van der Waals surface area (Å²) in [4.78, 5) is 26.2. The van der Waals surface area contributed by atoms with Gasteiger partial charge >= 0.3 is 6.03 Å². The summed E-state index contributed by atoms with van der Waals surface area (Å²) < 4.78 is 26.6. The standard InChI is InChI=1S/C19H14N2O4S/c22-18-13-20(15-9-2-1-3-10-15)19(23)21(18)26(24,25)17-12-6-8-14-7-4-5-11-16(14)17/h1-12H,13H2. The molecule has 1 saturated heterocycles. The van der Waals surface area contributed by atoms with Crippen molar-refractivity contribution in [2.24, 2.45) is 0 Å². The molecule has 0 atom stereocenters. The second kappa shape index (κ2) is 5.96. The molecule has 0 unspecified atom stereocenters. The van der Waals surface area contributed by atoms with Gasteiger partial charge in [-0.3, -0.25) is 9.69 Å². The molecule has 1 aliphatic rings. The molecule has 0 saturated carbocycles. The van der Waals surface area contributed by atoms with Crippen LogP contribution in [-0.4, -0.2) is 31.2 Å². The minimum absolute atomic E-state index is 0.0628. The van der Waals surface area contributed by atoms with Crippen molar-refractivity contribution >= 4 is 38.4 Å². The van der Waals surface area contributed by atoms with Crippen molar-refractivity contribution < 1.29 is 18.0 Å². The third kappa shape index (κ3) is 2.44. The van der Waals surface area contributed by atoms with Crippen LogP contribution in [0, 0.1) is 0 Å². The Morgan fingerprint density at radius 3 is 2.19 bits per heavy atom. The van der Waals surface area contributed by atoms with E-state index in [9.17, 15) is 18.0 Å². The summed E-state index contributed by atoms with van der Waals surface area (Å²) in [5.41, 5.74) is 0.474. The van der Waals surface area contributed by atoms with Gasteiger partial charge in [0.2, 0.25) is 0 Å². The smallest absolute Gasteiger partial charge is 0.284 e. The number of nitrogens with zero attached hydrogens (tertiary/aromatic N) is 2. The molecule has 0 aromatic heterocycles. The number of carbonyl (C=O) groups is 2. The predicted molar refractivity (Wildman–Crippen MR) is 97.2 cm³/mol. The highest BCUT2D eigenvalue weighted by Gasteiger charge is 2.45. The third-order valence-electron chi connectivity index (χ3n) is 4.26. The largest absolute Gasteiger partial charge is 0.346 e. The molecular formula is C19H14N2O4S. The predicted octanol–water partition coefficient (Wildman–Crippen LogP) is 3.00. The van der Waals surface area contributed by atoms with Gasteiger partial charge in [0, 0.05) is 11.1 Å². The Labute approximate surface area is 150 Å². The minimum Gasteiger partial charge on any atom is -0.284 e. The highest BCUT2D eigenvalue weighted by atomic mass is 32.2. The lowest BCUT2D eigenvalue weighted by atomic mass is 10.1. The summed E-state index contributed by atoms with van der Waals surface area (Å²) in [6.45, 7) is -0.313. The second-order valence-corrected chi connectivity index (χ2v) is 7.60. The van der Waals surface area contributed by atoms with Crippen molar-refractivity contribution in [3.05, 3.63) is 72.8 Å². The SMILES string of the molecule is O=C1CN(c2ccccc2)C(=O)N1S(=O)(=O)c1cccc2ccccc12. The fraction of sp³-hybridized carbons (Fsp3) is 0.0526. The van der Waals surface area contributed by atoms with E-state index >= 15 is 0 Å². The number of rotatable bonds is 3. The van der Waals surface area contributed by atoms with Gasteiger partial charge in [-0.05, 0) is 23.6 Å². The van der Waals surface area contributed by atoms with Crippen LogP contribution in [0.2, 0.25) is 0 Å². The average Bonchev–Trinajstić information content (AvgIpc) is 2.97. The number of amides is 3. The summed E-state index contributed by atoms with van der Waals surface area (Å²) in [7, 11) is -4.31. The number of fused-ring (bicyclic) bond motifs is 1. The van der Waals surface area contributed by atoms with Gasteiger partial charge in [-0.15, -0.1) is 4.31 Å². The summed E-state index contributed by atoms with van der Waals surface area (Å²) in [5.74, 6) is -0.771. The molecule has 1 heterocycles. The van der Waals surface area contributed by atoms with Crippen LogP contribution >= 0.6 is 0 Å². The Bertz CT molecular complexity index is 1120. The van der Waals surface area contributed by atoms with Gasteiger partial charge in [0.15, 0.2) is 0 Å². The maximum atomic E-state index is 13.1. The molecule has 0 N–H and O–H groups in total. The van der Waals surface area contributed by atoms with E-state index in [4.69, 9.17) is 0 Å². The minimum atomic E-state index is -4.31. The fourth-order valence-electron chi connectivity index (χ4n) is 3.05. The number of benzene rings is 3. The average molecular weight is 366 g/mol. The monoisotopic (exact) mass is 366 g/mol. The maximum Gasteiger partial charge on any atom is 0.346 e. The Balaban J connectivity index is 1.81. The molecule has 0 bridgehead atoms. The van der Waals surface area contributed by atoms with Gasteiger partial charge in [-0.2, -0.15) is 0 Å². The molecule has 26 heavy (non-hydrogen) atoms. The van der Waals surface area contributed by atoms with Crippen LogP contribution in [0.25, 0.3) is 10.8 Å². The molecule has 6 nitrogen and oxygen atoms in total. The number of urea groups is 1. The van der Waals surface area contributed by atoms with Crippen LogP contribution < -0.4 is 4.90 Å². The van der Waals surface area contributed by atoms with Gasteiger partial charge < -0.3 is 0 Å². The van der Waals surface area contributed by atoms with Gasteiger partial charge in [0.1, 0.15) is 6.54 Å². The van der Waals surface area contributed by atoms with E-state index in [0.29, 0.717) is 20.8 Å². The number of hydrogen-bond acceptors (Lipinski definition) is 4. The Kier molecular flexibility index (Phi) is 3.73. The zero-order valence-corrected chi connectivity index (χ0v) is 14.4. The second-order valence-electron chi connectivity index (χ2n) is 5.84. The number of hydrogen-bond donors (Lipinski definition) is 0.